The molecule has 1 aliphatic rings. The molecule has 3 atom stereocenters. The smallest absolute Gasteiger partial charge is 0.251 e. The molecule has 8 heteroatoms. The second kappa shape index (κ2) is 10.4. The van der Waals surface area contributed by atoms with E-state index in [4.69, 9.17) is 9.88 Å². The number of sulfonamides is 1. The number of nitrogens with one attached hydrogen (secondary N) is 1. The molecule has 32 heavy (non-hydrogen) atoms. The van der Waals surface area contributed by atoms with E-state index < -0.39 is 10.0 Å². The van der Waals surface area contributed by atoms with Crippen LogP contribution < -0.4 is 15.2 Å². The summed E-state index contributed by atoms with van der Waals surface area (Å²) in [4.78, 5) is 12.2. The van der Waals surface area contributed by atoms with Crippen molar-refractivity contribution in [1.29, 1.82) is 0 Å². The Bertz CT molecular complexity index is 1040. The van der Waals surface area contributed by atoms with Gasteiger partial charge in [0.1, 0.15) is 0 Å². The van der Waals surface area contributed by atoms with E-state index in [0.29, 0.717) is 23.3 Å². The number of ether oxygens (including phenoxy) is 1. The fourth-order valence-electron chi connectivity index (χ4n) is 4.53. The van der Waals surface area contributed by atoms with Gasteiger partial charge in [-0.1, -0.05) is 25.1 Å². The second-order valence-electron chi connectivity index (χ2n) is 8.65. The van der Waals surface area contributed by atoms with Crippen molar-refractivity contribution in [3.63, 3.8) is 0 Å². The van der Waals surface area contributed by atoms with E-state index in [9.17, 15) is 17.6 Å². The summed E-state index contributed by atoms with van der Waals surface area (Å²) in [6, 6.07) is 12.6. The number of carbonyl (C=O) groups is 1. The normalized spacial score (nSPS) is 19.5. The van der Waals surface area contributed by atoms with Gasteiger partial charge >= 0.3 is 0 Å². The first kappa shape index (κ1) is 24.2. The number of primary sulfonamides is 1. The van der Waals surface area contributed by atoms with Crippen LogP contribution in [0.5, 0.6) is 5.75 Å². The quantitative estimate of drug-likeness (QED) is 0.590. The third kappa shape index (κ3) is 6.53. The van der Waals surface area contributed by atoms with Gasteiger partial charge in [-0.25, -0.2) is 17.9 Å². The van der Waals surface area contributed by atoms with Crippen molar-refractivity contribution in [3.8, 4) is 5.75 Å². The molecule has 1 fully saturated rings. The molecule has 1 aliphatic carbocycles. The van der Waals surface area contributed by atoms with Gasteiger partial charge in [0.2, 0.25) is 10.0 Å². The lowest BCUT2D eigenvalue weighted by Crippen LogP contribution is -2.31. The summed E-state index contributed by atoms with van der Waals surface area (Å²) in [5.74, 6) is 0.702. The topological polar surface area (TPSA) is 98.5 Å². The molecule has 174 valence electrons. The van der Waals surface area contributed by atoms with Crippen molar-refractivity contribution >= 4 is 15.9 Å². The van der Waals surface area contributed by atoms with Gasteiger partial charge < -0.3 is 10.1 Å². The van der Waals surface area contributed by atoms with Crippen LogP contribution in [0.4, 0.5) is 4.39 Å². The van der Waals surface area contributed by atoms with Gasteiger partial charge in [0.05, 0.1) is 12.9 Å². The average Bonchev–Trinajstić information content (AvgIpc) is 3.21. The molecular formula is C24H31FN2O4S. The molecule has 0 bridgehead atoms. The van der Waals surface area contributed by atoms with Crippen molar-refractivity contribution in [2.24, 2.45) is 11.1 Å². The number of rotatable bonds is 9. The Balaban J connectivity index is 1.53. The van der Waals surface area contributed by atoms with E-state index >= 15 is 0 Å². The number of methoxy groups -OCH3 is 1. The van der Waals surface area contributed by atoms with E-state index in [2.05, 4.69) is 12.2 Å². The molecule has 3 N–H and O–H groups in total. The third-order valence-electron chi connectivity index (χ3n) is 6.29. The summed E-state index contributed by atoms with van der Waals surface area (Å²) in [6.45, 7) is 2.16. The molecule has 0 saturated heterocycles. The number of hydrogen-bond donors (Lipinski definition) is 2. The third-order valence-corrected chi connectivity index (χ3v) is 7.06. The molecule has 2 aromatic rings. The number of amides is 1. The predicted octanol–water partition coefficient (Wildman–Crippen LogP) is 3.93. The van der Waals surface area contributed by atoms with Crippen LogP contribution in [-0.4, -0.2) is 33.7 Å². The van der Waals surface area contributed by atoms with Crippen LogP contribution in [0.2, 0.25) is 0 Å². The van der Waals surface area contributed by atoms with Gasteiger partial charge in [-0.05, 0) is 78.8 Å². The van der Waals surface area contributed by atoms with Gasteiger partial charge in [0.15, 0.2) is 11.6 Å². The SMILES string of the molecule is COc1cc([C@@H](C)CC2CC[C@H](c3ccc(C(=O)NCCS(N)(=O)=O)cc3)C2)ccc1F. The molecule has 1 amide bonds. The lowest BCUT2D eigenvalue weighted by atomic mass is 9.88. The Morgan fingerprint density at radius 3 is 2.59 bits per heavy atom. The van der Waals surface area contributed by atoms with E-state index in [0.717, 1.165) is 31.2 Å². The van der Waals surface area contributed by atoms with Crippen LogP contribution in [-0.2, 0) is 10.0 Å². The Labute approximate surface area is 189 Å². The highest BCUT2D eigenvalue weighted by atomic mass is 32.2. The molecule has 1 saturated carbocycles. The Hall–Kier alpha value is -2.45. The number of benzene rings is 2. The summed E-state index contributed by atoms with van der Waals surface area (Å²) in [7, 11) is -2.11. The standard InChI is InChI=1S/C24H31FN2O4S/c1-16(20-9-10-22(25)23(15-20)31-2)13-17-3-4-21(14-17)18-5-7-19(8-6-18)24(28)27-11-12-32(26,29)30/h5-10,15-17,21H,3-4,11-14H2,1-2H3,(H,27,28)(H2,26,29,30)/t16-,17?,21-/m0/s1. The van der Waals surface area contributed by atoms with Crippen LogP contribution in [0.15, 0.2) is 42.5 Å². The van der Waals surface area contributed by atoms with Gasteiger partial charge in [-0.2, -0.15) is 0 Å². The number of nitrogens with two attached hydrogens (primary N) is 1. The summed E-state index contributed by atoms with van der Waals surface area (Å²) in [5, 5.41) is 7.51. The zero-order valence-electron chi connectivity index (χ0n) is 18.5. The predicted molar refractivity (Wildman–Crippen MR) is 123 cm³/mol. The molecule has 0 spiro atoms. The highest BCUT2D eigenvalue weighted by Crippen LogP contribution is 2.42. The summed E-state index contributed by atoms with van der Waals surface area (Å²) < 4.78 is 40.7. The zero-order valence-corrected chi connectivity index (χ0v) is 19.3. The maximum atomic E-state index is 13.7. The molecule has 6 nitrogen and oxygen atoms in total. The van der Waals surface area contributed by atoms with E-state index in [1.165, 1.54) is 18.7 Å². The van der Waals surface area contributed by atoms with Gasteiger partial charge in [0, 0.05) is 12.1 Å². The molecule has 3 rings (SSSR count). The van der Waals surface area contributed by atoms with E-state index in [-0.39, 0.29) is 29.8 Å². The van der Waals surface area contributed by atoms with Crippen molar-refractivity contribution < 1.29 is 22.3 Å². The van der Waals surface area contributed by atoms with Crippen molar-refractivity contribution in [2.45, 2.75) is 44.4 Å². The lowest BCUT2D eigenvalue weighted by Gasteiger charge is -2.18. The van der Waals surface area contributed by atoms with E-state index in [1.54, 1.807) is 18.2 Å². The van der Waals surface area contributed by atoms with Gasteiger partial charge in [-0.3, -0.25) is 4.79 Å². The monoisotopic (exact) mass is 462 g/mol. The van der Waals surface area contributed by atoms with Crippen LogP contribution in [0.3, 0.4) is 0 Å². The molecule has 1 unspecified atom stereocenters. The molecule has 0 aromatic heterocycles. The first-order valence-corrected chi connectivity index (χ1v) is 12.6. The van der Waals surface area contributed by atoms with Crippen LogP contribution in [0.1, 0.15) is 65.9 Å². The minimum atomic E-state index is -3.59. The summed E-state index contributed by atoms with van der Waals surface area (Å²) in [5.41, 5.74) is 2.80. The minimum Gasteiger partial charge on any atom is -0.494 e. The highest BCUT2D eigenvalue weighted by molar-refractivity contribution is 7.89. The maximum absolute atomic E-state index is 13.7. The molecular weight excluding hydrogens is 431 g/mol. The van der Waals surface area contributed by atoms with Crippen LogP contribution >= 0.6 is 0 Å². The van der Waals surface area contributed by atoms with Crippen molar-refractivity contribution in [1.82, 2.24) is 5.32 Å². The fourth-order valence-corrected chi connectivity index (χ4v) is 4.91. The lowest BCUT2D eigenvalue weighted by molar-refractivity contribution is 0.0956. The molecule has 2 aromatic carbocycles. The first-order chi connectivity index (χ1) is 15.2. The Kier molecular flexibility index (Phi) is 7.90. The van der Waals surface area contributed by atoms with Gasteiger partial charge in [-0.15, -0.1) is 0 Å². The summed E-state index contributed by atoms with van der Waals surface area (Å²) in [6.07, 6.45) is 4.37. The second-order valence-corrected chi connectivity index (χ2v) is 10.4. The van der Waals surface area contributed by atoms with Crippen molar-refractivity contribution in [3.05, 3.63) is 65.0 Å². The van der Waals surface area contributed by atoms with Crippen LogP contribution in [0.25, 0.3) is 0 Å². The Morgan fingerprint density at radius 2 is 1.94 bits per heavy atom. The number of carbonyl (C=O) groups excluding carboxylic acids is 1. The van der Waals surface area contributed by atoms with Gasteiger partial charge in [0.25, 0.3) is 5.91 Å². The van der Waals surface area contributed by atoms with Crippen molar-refractivity contribution in [2.75, 3.05) is 19.4 Å². The number of halogens is 1. The van der Waals surface area contributed by atoms with Crippen LogP contribution in [0, 0.1) is 11.7 Å². The zero-order chi connectivity index (χ0) is 23.3. The maximum Gasteiger partial charge on any atom is 0.251 e. The molecule has 0 radical (unpaired) electrons. The summed E-state index contributed by atoms with van der Waals surface area (Å²) >= 11 is 0. The molecule has 0 heterocycles. The highest BCUT2D eigenvalue weighted by Gasteiger charge is 2.27. The Morgan fingerprint density at radius 1 is 1.22 bits per heavy atom. The fraction of sp³-hybridized carbons (Fsp3) is 0.458. The first-order valence-electron chi connectivity index (χ1n) is 10.9. The minimum absolute atomic E-state index is 0.0121. The van der Waals surface area contributed by atoms with E-state index in [1.807, 2.05) is 18.2 Å². The average molecular weight is 463 g/mol. The number of hydrogen-bond acceptors (Lipinski definition) is 4. The molecule has 0 aliphatic heterocycles. The largest absolute Gasteiger partial charge is 0.494 e.